The molecule has 0 aromatic heterocycles. The van der Waals surface area contributed by atoms with Crippen LogP contribution in [0.1, 0.15) is 42.5 Å². The summed E-state index contributed by atoms with van der Waals surface area (Å²) in [6.45, 7) is 0.691. The van der Waals surface area contributed by atoms with E-state index in [9.17, 15) is 9.90 Å². The molecule has 1 aromatic carbocycles. The van der Waals surface area contributed by atoms with Gasteiger partial charge in [0.25, 0.3) is 5.91 Å². The van der Waals surface area contributed by atoms with Gasteiger partial charge in [0, 0.05) is 24.1 Å². The maximum absolute atomic E-state index is 12.6. The fraction of sp³-hybridized carbons (Fsp3) is 0.562. The fourth-order valence-corrected chi connectivity index (χ4v) is 3.63. The molecule has 3 heteroatoms. The van der Waals surface area contributed by atoms with Crippen molar-refractivity contribution in [3.8, 4) is 0 Å². The van der Waals surface area contributed by atoms with Gasteiger partial charge in [0.2, 0.25) is 0 Å². The minimum absolute atomic E-state index is 0.129. The van der Waals surface area contributed by atoms with Gasteiger partial charge in [-0.1, -0.05) is 31.0 Å². The number of aliphatic hydroxyl groups excluding tert-OH is 1. The van der Waals surface area contributed by atoms with Gasteiger partial charge in [-0.3, -0.25) is 4.79 Å². The molecule has 2 fully saturated rings. The summed E-state index contributed by atoms with van der Waals surface area (Å²) in [6, 6.07) is 9.75. The van der Waals surface area contributed by atoms with Gasteiger partial charge in [0.1, 0.15) is 0 Å². The number of benzene rings is 1. The van der Waals surface area contributed by atoms with Crippen LogP contribution in [-0.2, 0) is 0 Å². The fourth-order valence-electron chi connectivity index (χ4n) is 3.63. The van der Waals surface area contributed by atoms with Crippen molar-refractivity contribution in [1.29, 1.82) is 0 Å². The number of nitrogens with zero attached hydrogens (tertiary/aromatic N) is 1. The van der Waals surface area contributed by atoms with Gasteiger partial charge >= 0.3 is 0 Å². The molecule has 3 atom stereocenters. The number of carbonyl (C=O) groups excluding carboxylic acids is 1. The molecular formula is C16H21NO2. The highest BCUT2D eigenvalue weighted by molar-refractivity contribution is 5.94. The topological polar surface area (TPSA) is 40.5 Å². The van der Waals surface area contributed by atoms with Gasteiger partial charge in [-0.2, -0.15) is 0 Å². The predicted molar refractivity (Wildman–Crippen MR) is 73.8 cm³/mol. The van der Waals surface area contributed by atoms with Gasteiger partial charge in [-0.05, 0) is 31.4 Å². The zero-order valence-corrected chi connectivity index (χ0v) is 11.2. The molecule has 0 bridgehead atoms. The molecule has 0 spiro atoms. The summed E-state index contributed by atoms with van der Waals surface area (Å²) in [7, 11) is 0. The van der Waals surface area contributed by atoms with E-state index in [1.54, 1.807) is 0 Å². The van der Waals surface area contributed by atoms with Gasteiger partial charge in [-0.25, -0.2) is 0 Å². The normalized spacial score (nSPS) is 30.8. The van der Waals surface area contributed by atoms with Crippen molar-refractivity contribution in [1.82, 2.24) is 4.90 Å². The summed E-state index contributed by atoms with van der Waals surface area (Å²) in [6.07, 6.45) is 4.97. The number of likely N-dealkylation sites (tertiary alicyclic amines) is 1. The van der Waals surface area contributed by atoms with Crippen LogP contribution in [-0.4, -0.2) is 34.6 Å². The van der Waals surface area contributed by atoms with Gasteiger partial charge in [0.05, 0.1) is 6.10 Å². The molecule has 1 aliphatic carbocycles. The quantitative estimate of drug-likeness (QED) is 0.841. The lowest BCUT2D eigenvalue weighted by atomic mass is 9.76. The third kappa shape index (κ3) is 2.39. The van der Waals surface area contributed by atoms with E-state index in [1.165, 1.54) is 12.8 Å². The van der Waals surface area contributed by atoms with Crippen molar-refractivity contribution < 1.29 is 9.90 Å². The van der Waals surface area contributed by atoms with E-state index >= 15 is 0 Å². The summed E-state index contributed by atoms with van der Waals surface area (Å²) in [5.41, 5.74) is 0.767. The molecule has 1 saturated carbocycles. The van der Waals surface area contributed by atoms with Crippen molar-refractivity contribution in [2.75, 3.05) is 6.54 Å². The van der Waals surface area contributed by atoms with E-state index in [0.29, 0.717) is 6.54 Å². The maximum atomic E-state index is 12.6. The third-order valence-corrected chi connectivity index (χ3v) is 4.62. The van der Waals surface area contributed by atoms with E-state index in [4.69, 9.17) is 0 Å². The lowest BCUT2D eigenvalue weighted by Crippen LogP contribution is -2.54. The maximum Gasteiger partial charge on any atom is 0.254 e. The SMILES string of the molecule is O=C(c1ccccc1)N1CCC(O)C2CCCCC21. The van der Waals surface area contributed by atoms with Gasteiger partial charge in [0.15, 0.2) is 0 Å². The lowest BCUT2D eigenvalue weighted by molar-refractivity contribution is -0.0262. The molecule has 1 N–H and O–H groups in total. The Balaban J connectivity index is 1.82. The Labute approximate surface area is 114 Å². The summed E-state index contributed by atoms with van der Waals surface area (Å²) in [4.78, 5) is 14.6. The number of carbonyl (C=O) groups is 1. The number of hydrogen-bond donors (Lipinski definition) is 1. The number of fused-ring (bicyclic) bond motifs is 1. The largest absolute Gasteiger partial charge is 0.393 e. The van der Waals surface area contributed by atoms with Crippen LogP contribution in [0.4, 0.5) is 0 Å². The van der Waals surface area contributed by atoms with Crippen LogP contribution in [0.25, 0.3) is 0 Å². The number of piperidine rings is 1. The Hall–Kier alpha value is -1.35. The van der Waals surface area contributed by atoms with E-state index in [2.05, 4.69) is 0 Å². The molecule has 1 saturated heterocycles. The first kappa shape index (κ1) is 12.7. The van der Waals surface area contributed by atoms with Crippen LogP contribution in [0.2, 0.25) is 0 Å². The van der Waals surface area contributed by atoms with Crippen LogP contribution in [0.15, 0.2) is 30.3 Å². The second kappa shape index (κ2) is 5.33. The van der Waals surface area contributed by atoms with Crippen LogP contribution in [0.3, 0.4) is 0 Å². The smallest absolute Gasteiger partial charge is 0.254 e. The molecule has 102 valence electrons. The molecule has 1 aliphatic heterocycles. The van der Waals surface area contributed by atoms with E-state index in [0.717, 1.165) is 24.8 Å². The molecule has 1 heterocycles. The number of amides is 1. The summed E-state index contributed by atoms with van der Waals surface area (Å²) in [5, 5.41) is 10.1. The molecule has 3 rings (SSSR count). The molecule has 3 unspecified atom stereocenters. The zero-order valence-electron chi connectivity index (χ0n) is 11.2. The second-order valence-corrected chi connectivity index (χ2v) is 5.74. The Morgan fingerprint density at radius 1 is 1.11 bits per heavy atom. The monoisotopic (exact) mass is 259 g/mol. The van der Waals surface area contributed by atoms with Crippen LogP contribution >= 0.6 is 0 Å². The number of rotatable bonds is 1. The average Bonchev–Trinajstić information content (AvgIpc) is 2.48. The Morgan fingerprint density at radius 3 is 2.63 bits per heavy atom. The standard InChI is InChI=1S/C16H21NO2/c18-15-10-11-17(14-9-5-4-8-13(14)15)16(19)12-6-2-1-3-7-12/h1-3,6-7,13-15,18H,4-5,8-11H2. The van der Waals surface area contributed by atoms with E-state index < -0.39 is 0 Å². The second-order valence-electron chi connectivity index (χ2n) is 5.74. The first-order valence-corrected chi connectivity index (χ1v) is 7.31. The highest BCUT2D eigenvalue weighted by Crippen LogP contribution is 2.36. The van der Waals surface area contributed by atoms with Gasteiger partial charge < -0.3 is 10.0 Å². The van der Waals surface area contributed by atoms with Gasteiger partial charge in [-0.15, -0.1) is 0 Å². The third-order valence-electron chi connectivity index (χ3n) is 4.62. The molecule has 3 nitrogen and oxygen atoms in total. The van der Waals surface area contributed by atoms with Crippen molar-refractivity contribution in [3.63, 3.8) is 0 Å². The van der Waals surface area contributed by atoms with Crippen molar-refractivity contribution in [2.45, 2.75) is 44.2 Å². The molecule has 19 heavy (non-hydrogen) atoms. The van der Waals surface area contributed by atoms with Crippen molar-refractivity contribution >= 4 is 5.91 Å². The molecule has 0 radical (unpaired) electrons. The van der Waals surface area contributed by atoms with Crippen molar-refractivity contribution in [2.24, 2.45) is 5.92 Å². The van der Waals surface area contributed by atoms with E-state index in [-0.39, 0.29) is 24.0 Å². The first-order chi connectivity index (χ1) is 9.27. The number of hydrogen-bond acceptors (Lipinski definition) is 2. The Bertz CT molecular complexity index is 445. The van der Waals surface area contributed by atoms with Crippen molar-refractivity contribution in [3.05, 3.63) is 35.9 Å². The minimum Gasteiger partial charge on any atom is -0.393 e. The lowest BCUT2D eigenvalue weighted by Gasteiger charge is -2.46. The number of aliphatic hydroxyl groups is 1. The molecule has 1 aromatic rings. The zero-order chi connectivity index (χ0) is 13.2. The van der Waals surface area contributed by atoms with E-state index in [1.807, 2.05) is 35.2 Å². The highest BCUT2D eigenvalue weighted by atomic mass is 16.3. The first-order valence-electron chi connectivity index (χ1n) is 7.31. The Morgan fingerprint density at radius 2 is 1.84 bits per heavy atom. The summed E-state index contributed by atoms with van der Waals surface area (Å²) in [5.74, 6) is 0.416. The van der Waals surface area contributed by atoms with Crippen LogP contribution < -0.4 is 0 Å². The Kier molecular flexibility index (Phi) is 3.56. The molecule has 1 amide bonds. The van der Waals surface area contributed by atoms with Crippen LogP contribution in [0.5, 0.6) is 0 Å². The average molecular weight is 259 g/mol. The highest BCUT2D eigenvalue weighted by Gasteiger charge is 2.40. The molecular weight excluding hydrogens is 238 g/mol. The van der Waals surface area contributed by atoms with Crippen LogP contribution in [0, 0.1) is 5.92 Å². The molecule has 2 aliphatic rings. The minimum atomic E-state index is -0.217. The predicted octanol–water partition coefficient (Wildman–Crippen LogP) is 2.45. The summed E-state index contributed by atoms with van der Waals surface area (Å²) >= 11 is 0. The summed E-state index contributed by atoms with van der Waals surface area (Å²) < 4.78 is 0.